The fourth-order valence-corrected chi connectivity index (χ4v) is 4.53. The van der Waals surface area contributed by atoms with E-state index in [1.54, 1.807) is 28.8 Å². The van der Waals surface area contributed by atoms with E-state index in [4.69, 9.17) is 4.74 Å². The Hall–Kier alpha value is -4.16. The van der Waals surface area contributed by atoms with E-state index >= 15 is 0 Å². The third-order valence-electron chi connectivity index (χ3n) is 6.94. The van der Waals surface area contributed by atoms with Gasteiger partial charge >= 0.3 is 6.09 Å². The first kappa shape index (κ1) is 25.5. The van der Waals surface area contributed by atoms with Crippen molar-refractivity contribution in [2.45, 2.75) is 57.8 Å². The minimum absolute atomic E-state index is 0.106. The maximum atomic E-state index is 13.6. The summed E-state index contributed by atoms with van der Waals surface area (Å²) in [4.78, 5) is 38.1. The van der Waals surface area contributed by atoms with Crippen LogP contribution in [0, 0.1) is 0 Å². The number of carbonyl (C=O) groups is 2. The second-order valence-electron chi connectivity index (χ2n) is 9.74. The van der Waals surface area contributed by atoms with Gasteiger partial charge in [-0.2, -0.15) is 0 Å². The number of nitrogens with zero attached hydrogens (tertiary/aromatic N) is 7. The standard InChI is InChI=1S/C25H28F2N8O3/c1-14(2)33(4)21-8-16-17(19(31-21)12-38-24(37)28-3)11-34(23(16)36)20-7-5-6-18(30-20)22-32-29-13-35(22)15-9-25(26,27)10-15/h5-8,13-15H,9-12H2,1-4H3,(H,28,37). The van der Waals surface area contributed by atoms with Crippen LogP contribution in [0.3, 0.4) is 0 Å². The number of ether oxygens (including phenoxy) is 1. The highest BCUT2D eigenvalue weighted by molar-refractivity contribution is 6.10. The van der Waals surface area contributed by atoms with Crippen LogP contribution in [-0.4, -0.2) is 62.8 Å². The Labute approximate surface area is 217 Å². The van der Waals surface area contributed by atoms with E-state index in [2.05, 4.69) is 25.5 Å². The van der Waals surface area contributed by atoms with Crippen molar-refractivity contribution in [3.8, 4) is 11.5 Å². The Balaban J connectivity index is 1.46. The van der Waals surface area contributed by atoms with Crippen molar-refractivity contribution in [1.29, 1.82) is 0 Å². The molecule has 0 spiro atoms. The van der Waals surface area contributed by atoms with Crippen molar-refractivity contribution < 1.29 is 23.1 Å². The van der Waals surface area contributed by atoms with E-state index < -0.39 is 18.1 Å². The Morgan fingerprint density at radius 3 is 2.74 bits per heavy atom. The van der Waals surface area contributed by atoms with Gasteiger partial charge in [0.05, 0.1) is 17.8 Å². The lowest BCUT2D eigenvalue weighted by Crippen LogP contribution is -2.37. The van der Waals surface area contributed by atoms with Gasteiger partial charge in [-0.3, -0.25) is 9.69 Å². The first-order valence-corrected chi connectivity index (χ1v) is 12.2. The monoisotopic (exact) mass is 526 g/mol. The average Bonchev–Trinajstić information content (AvgIpc) is 3.50. The van der Waals surface area contributed by atoms with Gasteiger partial charge in [-0.25, -0.2) is 23.5 Å². The van der Waals surface area contributed by atoms with Crippen molar-refractivity contribution in [3.05, 3.63) is 47.4 Å². The number of anilines is 2. The van der Waals surface area contributed by atoms with Gasteiger partial charge in [0, 0.05) is 44.6 Å². The smallest absolute Gasteiger partial charge is 0.407 e. The number of amides is 2. The maximum absolute atomic E-state index is 13.6. The number of halogens is 2. The molecule has 0 aromatic carbocycles. The molecule has 13 heteroatoms. The third kappa shape index (κ3) is 4.63. The molecule has 1 aliphatic heterocycles. The van der Waals surface area contributed by atoms with Crippen LogP contribution in [0.25, 0.3) is 11.5 Å². The number of fused-ring (bicyclic) bond motifs is 1. The minimum atomic E-state index is -2.69. The quantitative estimate of drug-likeness (QED) is 0.497. The van der Waals surface area contributed by atoms with Gasteiger partial charge in [0.25, 0.3) is 11.8 Å². The summed E-state index contributed by atoms with van der Waals surface area (Å²) in [6, 6.07) is 6.57. The molecule has 1 N–H and O–H groups in total. The van der Waals surface area contributed by atoms with Crippen LogP contribution in [0.2, 0.25) is 0 Å². The van der Waals surface area contributed by atoms with E-state index in [-0.39, 0.29) is 37.9 Å². The number of carbonyl (C=O) groups excluding carboxylic acids is 2. The van der Waals surface area contributed by atoms with Crippen molar-refractivity contribution in [1.82, 2.24) is 30.0 Å². The van der Waals surface area contributed by atoms with Gasteiger partial charge in [0.1, 0.15) is 30.3 Å². The zero-order valence-electron chi connectivity index (χ0n) is 21.5. The largest absolute Gasteiger partial charge is 0.443 e. The Bertz CT molecular complexity index is 1380. The van der Waals surface area contributed by atoms with Crippen LogP contribution in [-0.2, 0) is 17.9 Å². The maximum Gasteiger partial charge on any atom is 0.407 e. The molecule has 3 aromatic heterocycles. The number of aromatic nitrogens is 5. The predicted molar refractivity (Wildman–Crippen MR) is 134 cm³/mol. The van der Waals surface area contributed by atoms with Crippen molar-refractivity contribution in [2.24, 2.45) is 0 Å². The number of alkyl carbamates (subject to hydrolysis) is 1. The molecule has 5 rings (SSSR count). The summed E-state index contributed by atoms with van der Waals surface area (Å²) >= 11 is 0. The molecule has 1 fully saturated rings. The van der Waals surface area contributed by atoms with Gasteiger partial charge < -0.3 is 19.5 Å². The summed E-state index contributed by atoms with van der Waals surface area (Å²) in [5, 5.41) is 10.4. The highest BCUT2D eigenvalue weighted by atomic mass is 19.3. The molecule has 0 saturated heterocycles. The highest BCUT2D eigenvalue weighted by Gasteiger charge is 2.47. The molecule has 200 valence electrons. The van der Waals surface area contributed by atoms with Crippen LogP contribution in [0.4, 0.5) is 25.2 Å². The van der Waals surface area contributed by atoms with Crippen LogP contribution < -0.4 is 15.1 Å². The molecule has 38 heavy (non-hydrogen) atoms. The fraction of sp³-hybridized carbons (Fsp3) is 0.440. The Morgan fingerprint density at radius 1 is 1.29 bits per heavy atom. The predicted octanol–water partition coefficient (Wildman–Crippen LogP) is 3.57. The number of pyridine rings is 2. The second-order valence-corrected chi connectivity index (χ2v) is 9.74. The van der Waals surface area contributed by atoms with Crippen LogP contribution in [0.1, 0.15) is 54.3 Å². The zero-order chi connectivity index (χ0) is 27.2. The molecule has 0 atom stereocenters. The summed E-state index contributed by atoms with van der Waals surface area (Å²) < 4.78 is 33.8. The molecule has 0 unspecified atom stereocenters. The molecule has 1 aliphatic carbocycles. The third-order valence-corrected chi connectivity index (χ3v) is 6.94. The van der Waals surface area contributed by atoms with Gasteiger partial charge in [-0.15, -0.1) is 10.2 Å². The first-order chi connectivity index (χ1) is 18.1. The SMILES string of the molecule is CNC(=O)OCc1nc(N(C)C(C)C)cc2c1CN(c1cccc(-c3nncn3C3CC(F)(F)C3)n1)C2=O. The second kappa shape index (κ2) is 9.62. The summed E-state index contributed by atoms with van der Waals surface area (Å²) in [5.41, 5.74) is 1.99. The van der Waals surface area contributed by atoms with E-state index in [0.29, 0.717) is 40.0 Å². The number of alkyl halides is 2. The molecule has 4 heterocycles. The lowest BCUT2D eigenvalue weighted by Gasteiger charge is -2.35. The molecule has 0 bridgehead atoms. The molecule has 2 aliphatic rings. The summed E-state index contributed by atoms with van der Waals surface area (Å²) in [6.07, 6.45) is 0.265. The lowest BCUT2D eigenvalue weighted by atomic mass is 9.88. The molecular weight excluding hydrogens is 498 g/mol. The van der Waals surface area contributed by atoms with Crippen LogP contribution >= 0.6 is 0 Å². The molecule has 3 aromatic rings. The fourth-order valence-electron chi connectivity index (χ4n) is 4.53. The molecule has 2 amide bonds. The van der Waals surface area contributed by atoms with Crippen molar-refractivity contribution in [2.75, 3.05) is 23.9 Å². The summed E-state index contributed by atoms with van der Waals surface area (Å²) in [7, 11) is 3.34. The van der Waals surface area contributed by atoms with E-state index in [1.165, 1.54) is 18.3 Å². The zero-order valence-corrected chi connectivity index (χ0v) is 21.5. The van der Waals surface area contributed by atoms with Gasteiger partial charge in [-0.05, 0) is 32.0 Å². The van der Waals surface area contributed by atoms with Gasteiger partial charge in [0.2, 0.25) is 0 Å². The molecule has 11 nitrogen and oxygen atoms in total. The van der Waals surface area contributed by atoms with Crippen molar-refractivity contribution in [3.63, 3.8) is 0 Å². The number of hydrogen-bond acceptors (Lipinski definition) is 8. The normalized spacial score (nSPS) is 16.4. The summed E-state index contributed by atoms with van der Waals surface area (Å²) in [5.74, 6) is -1.65. The number of nitrogens with one attached hydrogen (secondary N) is 1. The van der Waals surface area contributed by atoms with E-state index in [0.717, 1.165) is 0 Å². The molecule has 1 saturated carbocycles. The number of hydrogen-bond donors (Lipinski definition) is 1. The van der Waals surface area contributed by atoms with Crippen molar-refractivity contribution >= 4 is 23.6 Å². The highest BCUT2D eigenvalue weighted by Crippen LogP contribution is 2.46. The number of rotatable bonds is 7. The topological polar surface area (TPSA) is 118 Å². The first-order valence-electron chi connectivity index (χ1n) is 12.2. The van der Waals surface area contributed by atoms with Crippen LogP contribution in [0.15, 0.2) is 30.6 Å². The van der Waals surface area contributed by atoms with Gasteiger partial charge in [-0.1, -0.05) is 6.07 Å². The Kier molecular flexibility index (Phi) is 6.45. The Morgan fingerprint density at radius 2 is 2.05 bits per heavy atom. The lowest BCUT2D eigenvalue weighted by molar-refractivity contribution is -0.103. The minimum Gasteiger partial charge on any atom is -0.443 e. The summed E-state index contributed by atoms with van der Waals surface area (Å²) in [6.45, 7) is 4.08. The average molecular weight is 527 g/mol. The van der Waals surface area contributed by atoms with Crippen LogP contribution in [0.5, 0.6) is 0 Å². The van der Waals surface area contributed by atoms with E-state index in [9.17, 15) is 18.4 Å². The molecule has 0 radical (unpaired) electrons. The van der Waals surface area contributed by atoms with Gasteiger partial charge in [0.15, 0.2) is 5.82 Å². The van der Waals surface area contributed by atoms with E-state index in [1.807, 2.05) is 25.8 Å². The molecular formula is C25H28F2N8O3.